The van der Waals surface area contributed by atoms with E-state index in [4.69, 9.17) is 4.74 Å². The largest absolute Gasteiger partial charge is 0.508 e. The number of allylic oxidation sites excluding steroid dienone is 3. The monoisotopic (exact) mass is 424 g/mol. The van der Waals surface area contributed by atoms with Gasteiger partial charge in [-0.15, -0.1) is 0 Å². The van der Waals surface area contributed by atoms with Crippen molar-refractivity contribution in [1.29, 1.82) is 0 Å². The minimum atomic E-state index is -0.800. The van der Waals surface area contributed by atoms with E-state index in [2.05, 4.69) is 12.7 Å². The minimum absolute atomic E-state index is 0.00828. The van der Waals surface area contributed by atoms with E-state index in [-0.39, 0.29) is 58.0 Å². The summed E-state index contributed by atoms with van der Waals surface area (Å²) in [4.78, 5) is 12.9. The van der Waals surface area contributed by atoms with Gasteiger partial charge in [0.15, 0.2) is 5.78 Å². The zero-order valence-electron chi connectivity index (χ0n) is 18.0. The Morgan fingerprint density at radius 1 is 1.16 bits per heavy atom. The summed E-state index contributed by atoms with van der Waals surface area (Å²) in [5.74, 6) is -1.05. The molecule has 1 aliphatic heterocycles. The lowest BCUT2D eigenvalue weighted by Gasteiger charge is -2.28. The fraction of sp³-hybridized carbons (Fsp3) is 0.320. The van der Waals surface area contributed by atoms with Crippen molar-refractivity contribution in [1.82, 2.24) is 0 Å². The second kappa shape index (κ2) is 8.76. The van der Waals surface area contributed by atoms with Gasteiger partial charge < -0.3 is 25.2 Å². The van der Waals surface area contributed by atoms with Crippen molar-refractivity contribution in [2.45, 2.75) is 46.1 Å². The molecule has 3 rings (SSSR count). The first-order valence-electron chi connectivity index (χ1n) is 10.2. The van der Waals surface area contributed by atoms with Gasteiger partial charge in [-0.2, -0.15) is 0 Å². The van der Waals surface area contributed by atoms with E-state index in [1.807, 2.05) is 20.8 Å². The lowest BCUT2D eigenvalue weighted by Crippen LogP contribution is -2.21. The molecule has 0 aliphatic carbocycles. The molecule has 0 unspecified atom stereocenters. The number of aromatic hydroxyl groups is 4. The third-order valence-electron chi connectivity index (χ3n) is 5.58. The van der Waals surface area contributed by atoms with E-state index in [1.165, 1.54) is 24.3 Å². The SMILES string of the molecule is C=C(C)[C@H](CC=C(C)C)Cc1c(O)cc2c(c1O)C(=O)C[C@@H](c1ccc(O)cc1O)O2. The Morgan fingerprint density at radius 2 is 1.87 bits per heavy atom. The average molecular weight is 424 g/mol. The summed E-state index contributed by atoms with van der Waals surface area (Å²) in [6, 6.07) is 5.37. The molecule has 0 bridgehead atoms. The number of hydrogen-bond donors (Lipinski definition) is 4. The van der Waals surface area contributed by atoms with Crippen molar-refractivity contribution in [3.05, 3.63) is 64.8 Å². The van der Waals surface area contributed by atoms with Crippen molar-refractivity contribution >= 4 is 5.78 Å². The summed E-state index contributed by atoms with van der Waals surface area (Å²) in [6.07, 6.45) is 2.23. The van der Waals surface area contributed by atoms with Crippen LogP contribution >= 0.6 is 0 Å². The minimum Gasteiger partial charge on any atom is -0.508 e. The van der Waals surface area contributed by atoms with Gasteiger partial charge in [0.25, 0.3) is 0 Å². The Kier molecular flexibility index (Phi) is 6.29. The Hall–Kier alpha value is -3.41. The molecular weight excluding hydrogens is 396 g/mol. The van der Waals surface area contributed by atoms with Crippen LogP contribution in [0.5, 0.6) is 28.7 Å². The average Bonchev–Trinajstić information content (AvgIpc) is 2.66. The molecule has 0 radical (unpaired) electrons. The van der Waals surface area contributed by atoms with Gasteiger partial charge in [-0.3, -0.25) is 4.79 Å². The zero-order chi connectivity index (χ0) is 22.9. The lowest BCUT2D eigenvalue weighted by atomic mass is 9.86. The predicted octanol–water partition coefficient (Wildman–Crippen LogP) is 5.31. The molecule has 2 aromatic rings. The highest BCUT2D eigenvalue weighted by Gasteiger charge is 2.34. The maximum atomic E-state index is 12.9. The number of Topliss-reactive ketones (excluding diaryl/α,β-unsaturated/α-hetero) is 1. The molecule has 0 aromatic heterocycles. The number of benzene rings is 2. The van der Waals surface area contributed by atoms with Crippen molar-refractivity contribution in [2.75, 3.05) is 0 Å². The van der Waals surface area contributed by atoms with E-state index >= 15 is 0 Å². The number of fused-ring (bicyclic) bond motifs is 1. The highest BCUT2D eigenvalue weighted by Crippen LogP contribution is 2.46. The Morgan fingerprint density at radius 3 is 2.48 bits per heavy atom. The highest BCUT2D eigenvalue weighted by atomic mass is 16.5. The Bertz CT molecular complexity index is 1060. The molecule has 0 spiro atoms. The van der Waals surface area contributed by atoms with Gasteiger partial charge in [0.2, 0.25) is 0 Å². The van der Waals surface area contributed by atoms with Crippen molar-refractivity contribution < 1.29 is 30.0 Å². The summed E-state index contributed by atoms with van der Waals surface area (Å²) >= 11 is 0. The first kappa shape index (κ1) is 22.3. The van der Waals surface area contributed by atoms with Crippen molar-refractivity contribution in [2.24, 2.45) is 5.92 Å². The molecule has 2 atom stereocenters. The molecule has 0 fully saturated rings. The number of ketones is 1. The number of phenols is 4. The molecule has 4 N–H and O–H groups in total. The molecule has 6 heteroatoms. The maximum Gasteiger partial charge on any atom is 0.174 e. The van der Waals surface area contributed by atoms with Crippen molar-refractivity contribution in [3.8, 4) is 28.7 Å². The summed E-state index contributed by atoms with van der Waals surface area (Å²) in [6.45, 7) is 9.93. The summed E-state index contributed by atoms with van der Waals surface area (Å²) in [7, 11) is 0. The van der Waals surface area contributed by atoms with Crippen LogP contribution in [-0.2, 0) is 6.42 Å². The first-order chi connectivity index (χ1) is 14.6. The van der Waals surface area contributed by atoms with Crippen LogP contribution < -0.4 is 4.74 Å². The van der Waals surface area contributed by atoms with Gasteiger partial charge in [-0.25, -0.2) is 0 Å². The van der Waals surface area contributed by atoms with Crippen LogP contribution in [0.4, 0.5) is 0 Å². The van der Waals surface area contributed by atoms with Gasteiger partial charge in [0, 0.05) is 23.3 Å². The fourth-order valence-corrected chi connectivity index (χ4v) is 3.76. The second-order valence-corrected chi connectivity index (χ2v) is 8.34. The van der Waals surface area contributed by atoms with Crippen molar-refractivity contribution in [3.63, 3.8) is 0 Å². The molecule has 0 amide bonds. The molecule has 1 heterocycles. The van der Waals surface area contributed by atoms with E-state index in [0.717, 1.165) is 11.1 Å². The van der Waals surface area contributed by atoms with Crippen LogP contribution in [0.15, 0.2) is 48.1 Å². The van der Waals surface area contributed by atoms with Gasteiger partial charge in [0.05, 0.1) is 6.42 Å². The predicted molar refractivity (Wildman–Crippen MR) is 118 cm³/mol. The molecule has 0 saturated carbocycles. The summed E-state index contributed by atoms with van der Waals surface area (Å²) < 4.78 is 5.85. The van der Waals surface area contributed by atoms with E-state index < -0.39 is 6.10 Å². The van der Waals surface area contributed by atoms with Gasteiger partial charge in [-0.05, 0) is 51.7 Å². The van der Waals surface area contributed by atoms with E-state index in [1.54, 1.807) is 0 Å². The van der Waals surface area contributed by atoms with Crippen LogP contribution in [0.25, 0.3) is 0 Å². The van der Waals surface area contributed by atoms with Gasteiger partial charge in [0.1, 0.15) is 40.4 Å². The normalized spacial score (nSPS) is 16.2. The lowest BCUT2D eigenvalue weighted by molar-refractivity contribution is 0.0841. The smallest absolute Gasteiger partial charge is 0.174 e. The van der Waals surface area contributed by atoms with Crippen LogP contribution in [0.1, 0.15) is 61.2 Å². The number of ether oxygens (including phenoxy) is 1. The number of carbonyl (C=O) groups excluding carboxylic acids is 1. The Balaban J connectivity index is 1.95. The van der Waals surface area contributed by atoms with Crippen LogP contribution in [0.3, 0.4) is 0 Å². The quantitative estimate of drug-likeness (QED) is 0.468. The van der Waals surface area contributed by atoms with E-state index in [9.17, 15) is 25.2 Å². The maximum absolute atomic E-state index is 12.9. The van der Waals surface area contributed by atoms with Crippen LogP contribution in [0, 0.1) is 5.92 Å². The number of phenolic OH excluding ortho intramolecular Hbond substituents is 4. The standard InChI is InChI=1S/C25H28O6/c1-13(2)5-6-15(14(3)4)9-18-20(28)11-23-24(25(18)30)21(29)12-22(31-23)17-8-7-16(26)10-19(17)27/h5,7-8,10-11,15,22,26-28,30H,3,6,9,12H2,1-2,4H3/t15-,22+/m1/s1. The molecule has 0 saturated heterocycles. The Labute approximate surface area is 181 Å². The molecule has 31 heavy (non-hydrogen) atoms. The molecule has 6 nitrogen and oxygen atoms in total. The van der Waals surface area contributed by atoms with E-state index in [0.29, 0.717) is 18.4 Å². The topological polar surface area (TPSA) is 107 Å². The third kappa shape index (κ3) is 4.68. The number of carbonyl (C=O) groups is 1. The first-order valence-corrected chi connectivity index (χ1v) is 10.2. The highest BCUT2D eigenvalue weighted by molar-refractivity contribution is 6.03. The number of rotatable bonds is 6. The molecule has 2 aromatic carbocycles. The van der Waals surface area contributed by atoms with Crippen LogP contribution in [0.2, 0.25) is 0 Å². The van der Waals surface area contributed by atoms with Gasteiger partial charge >= 0.3 is 0 Å². The number of hydrogen-bond acceptors (Lipinski definition) is 6. The van der Waals surface area contributed by atoms with Gasteiger partial charge in [-0.1, -0.05) is 23.8 Å². The zero-order valence-corrected chi connectivity index (χ0v) is 18.0. The third-order valence-corrected chi connectivity index (χ3v) is 5.58. The summed E-state index contributed by atoms with van der Waals surface area (Å²) in [5.41, 5.74) is 2.74. The molecular formula is C25H28O6. The molecule has 1 aliphatic rings. The van der Waals surface area contributed by atoms with Crippen LogP contribution in [-0.4, -0.2) is 26.2 Å². The summed E-state index contributed by atoms with van der Waals surface area (Å²) in [5, 5.41) is 41.1. The molecule has 164 valence electrons. The second-order valence-electron chi connectivity index (χ2n) is 8.34. The fourth-order valence-electron chi connectivity index (χ4n) is 3.76.